The highest BCUT2D eigenvalue weighted by Crippen LogP contribution is 2.36. The van der Waals surface area contributed by atoms with E-state index in [2.05, 4.69) is 33.4 Å². The smallest absolute Gasteiger partial charge is 0.246 e. The second-order valence-electron chi connectivity index (χ2n) is 7.89. The standard InChI is InChI=1S/C21H30N4O/c1-22-21(24-14-17-8-2-3-9-18(17)15-24)23-13-20(26)25-12-6-10-16-7-4-5-11-19(16)25/h4-5,7,11,17-18H,2-3,6,8-10,12-15H2,1H3,(H,22,23). The first-order chi connectivity index (χ1) is 12.8. The summed E-state index contributed by atoms with van der Waals surface area (Å²) in [4.78, 5) is 21.6. The molecule has 1 aromatic rings. The van der Waals surface area contributed by atoms with Crippen LogP contribution in [0.15, 0.2) is 29.3 Å². The molecule has 4 rings (SSSR count). The summed E-state index contributed by atoms with van der Waals surface area (Å²) in [7, 11) is 1.82. The summed E-state index contributed by atoms with van der Waals surface area (Å²) >= 11 is 0. The van der Waals surface area contributed by atoms with Gasteiger partial charge in [-0.25, -0.2) is 0 Å². The molecular formula is C21H30N4O. The largest absolute Gasteiger partial charge is 0.347 e. The summed E-state index contributed by atoms with van der Waals surface area (Å²) in [6, 6.07) is 8.27. The number of rotatable bonds is 2. The molecule has 140 valence electrons. The summed E-state index contributed by atoms with van der Waals surface area (Å²) in [5, 5.41) is 3.33. The summed E-state index contributed by atoms with van der Waals surface area (Å²) < 4.78 is 0. The fourth-order valence-electron chi connectivity index (χ4n) is 4.95. The van der Waals surface area contributed by atoms with E-state index in [1.165, 1.54) is 31.2 Å². The molecule has 2 atom stereocenters. The summed E-state index contributed by atoms with van der Waals surface area (Å²) in [6.45, 7) is 3.30. The maximum atomic E-state index is 12.8. The second-order valence-corrected chi connectivity index (χ2v) is 7.89. The Morgan fingerprint density at radius 1 is 1.15 bits per heavy atom. The number of benzene rings is 1. The Balaban J connectivity index is 1.37. The maximum Gasteiger partial charge on any atom is 0.246 e. The normalized spacial score (nSPS) is 25.7. The van der Waals surface area contributed by atoms with E-state index in [0.29, 0.717) is 6.54 Å². The minimum Gasteiger partial charge on any atom is -0.347 e. The average molecular weight is 354 g/mol. The molecule has 1 aromatic carbocycles. The molecule has 0 bridgehead atoms. The zero-order valence-electron chi connectivity index (χ0n) is 15.8. The Hall–Kier alpha value is -2.04. The van der Waals surface area contributed by atoms with Crippen LogP contribution in [0.4, 0.5) is 5.69 Å². The van der Waals surface area contributed by atoms with Gasteiger partial charge in [-0.15, -0.1) is 0 Å². The molecule has 2 unspecified atom stereocenters. The molecule has 1 amide bonds. The van der Waals surface area contributed by atoms with E-state index in [-0.39, 0.29) is 5.91 Å². The monoisotopic (exact) mass is 354 g/mol. The molecule has 5 nitrogen and oxygen atoms in total. The lowest BCUT2D eigenvalue weighted by Crippen LogP contribution is -2.47. The lowest BCUT2D eigenvalue weighted by atomic mass is 9.82. The Kier molecular flexibility index (Phi) is 5.14. The van der Waals surface area contributed by atoms with Crippen molar-refractivity contribution < 1.29 is 4.79 Å². The van der Waals surface area contributed by atoms with E-state index in [9.17, 15) is 4.79 Å². The second kappa shape index (κ2) is 7.68. The summed E-state index contributed by atoms with van der Waals surface area (Å²) in [5.41, 5.74) is 2.35. The molecule has 0 spiro atoms. The number of aliphatic imine (C=N–C) groups is 1. The van der Waals surface area contributed by atoms with Crippen LogP contribution in [0.1, 0.15) is 37.7 Å². The van der Waals surface area contributed by atoms with Crippen LogP contribution in [0, 0.1) is 11.8 Å². The number of hydrogen-bond acceptors (Lipinski definition) is 2. The van der Waals surface area contributed by atoms with Crippen molar-refractivity contribution >= 4 is 17.6 Å². The Bertz CT molecular complexity index is 672. The number of fused-ring (bicyclic) bond motifs is 2. The molecule has 2 aliphatic heterocycles. The van der Waals surface area contributed by atoms with Crippen LogP contribution in [-0.4, -0.2) is 50.0 Å². The van der Waals surface area contributed by atoms with E-state index in [0.717, 1.165) is 56.0 Å². The average Bonchev–Trinajstić information content (AvgIpc) is 3.11. The van der Waals surface area contributed by atoms with Crippen molar-refractivity contribution in [2.45, 2.75) is 38.5 Å². The van der Waals surface area contributed by atoms with Crippen LogP contribution >= 0.6 is 0 Å². The van der Waals surface area contributed by atoms with Crippen molar-refractivity contribution in [3.05, 3.63) is 29.8 Å². The molecule has 1 saturated carbocycles. The number of nitrogens with zero attached hydrogens (tertiary/aromatic N) is 3. The molecule has 5 heteroatoms. The molecule has 1 aliphatic carbocycles. The number of aryl methyl sites for hydroxylation is 1. The molecule has 2 fully saturated rings. The summed E-state index contributed by atoms with van der Waals surface area (Å²) in [6.07, 6.45) is 7.53. The molecule has 0 aromatic heterocycles. The number of hydrogen-bond donors (Lipinski definition) is 1. The van der Waals surface area contributed by atoms with Gasteiger partial charge in [-0.1, -0.05) is 31.0 Å². The zero-order chi connectivity index (χ0) is 17.9. The number of para-hydroxylation sites is 1. The van der Waals surface area contributed by atoms with Crippen LogP contribution in [-0.2, 0) is 11.2 Å². The third kappa shape index (κ3) is 3.44. The lowest BCUT2D eigenvalue weighted by molar-refractivity contribution is -0.117. The van der Waals surface area contributed by atoms with Gasteiger partial charge >= 0.3 is 0 Å². The van der Waals surface area contributed by atoms with Gasteiger partial charge in [0.05, 0.1) is 6.54 Å². The minimum atomic E-state index is 0.134. The van der Waals surface area contributed by atoms with Gasteiger partial charge < -0.3 is 15.1 Å². The number of nitrogens with one attached hydrogen (secondary N) is 1. The van der Waals surface area contributed by atoms with Crippen molar-refractivity contribution in [1.29, 1.82) is 0 Å². The topological polar surface area (TPSA) is 47.9 Å². The van der Waals surface area contributed by atoms with Crippen molar-refractivity contribution in [2.24, 2.45) is 16.8 Å². The molecular weight excluding hydrogens is 324 g/mol. The first-order valence-corrected chi connectivity index (χ1v) is 10.1. The van der Waals surface area contributed by atoms with Gasteiger partial charge in [0.1, 0.15) is 0 Å². The molecule has 1 N–H and O–H groups in total. The van der Waals surface area contributed by atoms with Gasteiger partial charge in [0.15, 0.2) is 5.96 Å². The van der Waals surface area contributed by atoms with Gasteiger partial charge in [-0.05, 0) is 49.1 Å². The highest BCUT2D eigenvalue weighted by molar-refractivity contribution is 5.98. The Morgan fingerprint density at radius 2 is 1.88 bits per heavy atom. The highest BCUT2D eigenvalue weighted by Gasteiger charge is 2.35. The molecule has 0 radical (unpaired) electrons. The van der Waals surface area contributed by atoms with Gasteiger partial charge in [0.25, 0.3) is 0 Å². The Morgan fingerprint density at radius 3 is 2.62 bits per heavy atom. The number of carbonyl (C=O) groups excluding carboxylic acids is 1. The van der Waals surface area contributed by atoms with Crippen LogP contribution in [0.2, 0.25) is 0 Å². The van der Waals surface area contributed by atoms with Crippen LogP contribution in [0.5, 0.6) is 0 Å². The predicted molar refractivity (Wildman–Crippen MR) is 105 cm³/mol. The van der Waals surface area contributed by atoms with Crippen LogP contribution < -0.4 is 10.2 Å². The number of anilines is 1. The third-order valence-corrected chi connectivity index (χ3v) is 6.30. The molecule has 2 heterocycles. The fourth-order valence-corrected chi connectivity index (χ4v) is 4.95. The number of amides is 1. The van der Waals surface area contributed by atoms with E-state index >= 15 is 0 Å². The van der Waals surface area contributed by atoms with Crippen molar-refractivity contribution in [3.63, 3.8) is 0 Å². The summed E-state index contributed by atoms with van der Waals surface area (Å²) in [5.74, 6) is 2.65. The minimum absolute atomic E-state index is 0.134. The maximum absolute atomic E-state index is 12.8. The van der Waals surface area contributed by atoms with Crippen molar-refractivity contribution in [1.82, 2.24) is 10.2 Å². The molecule has 1 saturated heterocycles. The number of carbonyl (C=O) groups is 1. The SMILES string of the molecule is CN=C(NCC(=O)N1CCCc2ccccc21)N1CC2CCCCC2C1. The van der Waals surface area contributed by atoms with Crippen molar-refractivity contribution in [3.8, 4) is 0 Å². The Labute approximate surface area is 156 Å². The van der Waals surface area contributed by atoms with Gasteiger partial charge in [-0.2, -0.15) is 0 Å². The highest BCUT2D eigenvalue weighted by atomic mass is 16.2. The predicted octanol–water partition coefficient (Wildman–Crippen LogP) is 2.66. The third-order valence-electron chi connectivity index (χ3n) is 6.30. The van der Waals surface area contributed by atoms with Crippen LogP contribution in [0.25, 0.3) is 0 Å². The first kappa shape index (κ1) is 17.4. The lowest BCUT2D eigenvalue weighted by Gasteiger charge is -2.30. The van der Waals surface area contributed by atoms with Crippen LogP contribution in [0.3, 0.4) is 0 Å². The number of guanidine groups is 1. The fraction of sp³-hybridized carbons (Fsp3) is 0.619. The zero-order valence-corrected chi connectivity index (χ0v) is 15.8. The molecule has 26 heavy (non-hydrogen) atoms. The van der Waals surface area contributed by atoms with E-state index < -0.39 is 0 Å². The number of likely N-dealkylation sites (tertiary alicyclic amines) is 1. The van der Waals surface area contributed by atoms with E-state index in [1.807, 2.05) is 18.0 Å². The van der Waals surface area contributed by atoms with Gasteiger partial charge in [-0.3, -0.25) is 9.79 Å². The van der Waals surface area contributed by atoms with Gasteiger partial charge in [0, 0.05) is 32.4 Å². The van der Waals surface area contributed by atoms with E-state index in [4.69, 9.17) is 0 Å². The van der Waals surface area contributed by atoms with Crippen molar-refractivity contribution in [2.75, 3.05) is 38.1 Å². The quantitative estimate of drug-likeness (QED) is 0.656. The first-order valence-electron chi connectivity index (χ1n) is 10.1. The molecule has 3 aliphatic rings. The van der Waals surface area contributed by atoms with E-state index in [1.54, 1.807) is 0 Å². The van der Waals surface area contributed by atoms with Gasteiger partial charge in [0.2, 0.25) is 5.91 Å².